The minimum Gasteiger partial charge on any atom is -0.487 e. The number of rotatable bonds is 4. The Kier molecular flexibility index (Phi) is 4.06. The molecule has 2 heterocycles. The van der Waals surface area contributed by atoms with Crippen molar-refractivity contribution in [1.29, 1.82) is 0 Å². The van der Waals surface area contributed by atoms with E-state index in [1.165, 1.54) is 11.1 Å². The van der Waals surface area contributed by atoms with Gasteiger partial charge in [0.25, 0.3) is 5.91 Å². The lowest BCUT2D eigenvalue weighted by Crippen LogP contribution is -2.13. The number of fused-ring (bicyclic) bond motifs is 2. The van der Waals surface area contributed by atoms with E-state index < -0.39 is 0 Å². The first-order valence-electron chi connectivity index (χ1n) is 8.68. The summed E-state index contributed by atoms with van der Waals surface area (Å²) in [7, 11) is 4.19. The van der Waals surface area contributed by atoms with E-state index in [4.69, 9.17) is 4.74 Å². The maximum Gasteiger partial charge on any atom is 0.260 e. The van der Waals surface area contributed by atoms with Gasteiger partial charge in [-0.1, -0.05) is 36.4 Å². The Labute approximate surface area is 148 Å². The van der Waals surface area contributed by atoms with Crippen LogP contribution in [0.15, 0.2) is 42.5 Å². The lowest BCUT2D eigenvalue weighted by Gasteiger charge is -2.09. The van der Waals surface area contributed by atoms with Crippen LogP contribution in [0.4, 0.5) is 5.69 Å². The zero-order valence-electron chi connectivity index (χ0n) is 14.6. The van der Waals surface area contributed by atoms with Crippen LogP contribution in [0, 0.1) is 0 Å². The number of carbonyl (C=O) groups excluding carboxylic acids is 1. The van der Waals surface area contributed by atoms with E-state index in [-0.39, 0.29) is 5.91 Å². The summed E-state index contributed by atoms with van der Waals surface area (Å²) in [5.41, 5.74) is 5.96. The molecule has 2 aliphatic rings. The van der Waals surface area contributed by atoms with Crippen LogP contribution >= 0.6 is 0 Å². The van der Waals surface area contributed by atoms with Gasteiger partial charge in [-0.25, -0.2) is 0 Å². The van der Waals surface area contributed by atoms with Gasteiger partial charge >= 0.3 is 0 Å². The predicted molar refractivity (Wildman–Crippen MR) is 100.0 cm³/mol. The Balaban J connectivity index is 1.66. The Bertz CT molecular complexity index is 868. The standard InChI is InChI=1S/C21H22N2O2/c1-23(2)11-5-6-14-9-10-16-15(12-14)13-25-20(16)19-17-7-3-4-8-18(17)22-21(19)24/h3-4,7-10,12H,5-6,11,13H2,1-2H3,(H,22,24)/b20-19+. The number of nitrogens with one attached hydrogen (secondary N) is 1. The molecule has 2 aromatic carbocycles. The Morgan fingerprint density at radius 2 is 1.96 bits per heavy atom. The molecule has 1 amide bonds. The fourth-order valence-corrected chi connectivity index (χ4v) is 3.52. The quantitative estimate of drug-likeness (QED) is 0.870. The molecule has 4 rings (SSSR count). The smallest absolute Gasteiger partial charge is 0.260 e. The second-order valence-electron chi connectivity index (χ2n) is 6.89. The maximum atomic E-state index is 12.4. The summed E-state index contributed by atoms with van der Waals surface area (Å²) >= 11 is 0. The number of para-hydroxylation sites is 1. The lowest BCUT2D eigenvalue weighted by atomic mass is 9.98. The molecule has 0 radical (unpaired) electrons. The number of nitrogens with zero attached hydrogens (tertiary/aromatic N) is 1. The normalized spacial score (nSPS) is 18.1. The van der Waals surface area contributed by atoms with E-state index >= 15 is 0 Å². The van der Waals surface area contributed by atoms with Crippen molar-refractivity contribution < 1.29 is 9.53 Å². The molecule has 0 atom stereocenters. The molecule has 2 aliphatic heterocycles. The number of ether oxygens (including phenoxy) is 1. The van der Waals surface area contributed by atoms with Crippen LogP contribution in [-0.2, 0) is 22.6 Å². The highest BCUT2D eigenvalue weighted by Crippen LogP contribution is 2.41. The molecule has 0 aliphatic carbocycles. The highest BCUT2D eigenvalue weighted by molar-refractivity contribution is 6.36. The third-order valence-electron chi connectivity index (χ3n) is 4.76. The summed E-state index contributed by atoms with van der Waals surface area (Å²) in [6.07, 6.45) is 2.19. The molecule has 0 saturated heterocycles. The largest absolute Gasteiger partial charge is 0.487 e. The van der Waals surface area contributed by atoms with Crippen LogP contribution in [-0.4, -0.2) is 31.4 Å². The van der Waals surface area contributed by atoms with Crippen LogP contribution in [0.1, 0.15) is 28.7 Å². The van der Waals surface area contributed by atoms with Gasteiger partial charge in [0.1, 0.15) is 12.4 Å². The fourth-order valence-electron chi connectivity index (χ4n) is 3.52. The molecule has 0 bridgehead atoms. The number of anilines is 1. The van der Waals surface area contributed by atoms with Crippen LogP contribution in [0.2, 0.25) is 0 Å². The monoisotopic (exact) mass is 334 g/mol. The summed E-state index contributed by atoms with van der Waals surface area (Å²) in [4.78, 5) is 14.7. The Hall–Kier alpha value is -2.59. The highest BCUT2D eigenvalue weighted by Gasteiger charge is 2.32. The van der Waals surface area contributed by atoms with Gasteiger partial charge in [-0.05, 0) is 45.1 Å². The molecule has 4 heteroatoms. The Morgan fingerprint density at radius 1 is 1.12 bits per heavy atom. The first kappa shape index (κ1) is 15.9. The molecule has 25 heavy (non-hydrogen) atoms. The topological polar surface area (TPSA) is 41.6 Å². The van der Waals surface area contributed by atoms with E-state index in [2.05, 4.69) is 42.5 Å². The second kappa shape index (κ2) is 6.37. The van der Waals surface area contributed by atoms with Crippen molar-refractivity contribution in [3.05, 3.63) is 64.7 Å². The van der Waals surface area contributed by atoms with Crippen LogP contribution in [0.5, 0.6) is 0 Å². The summed E-state index contributed by atoms with van der Waals surface area (Å²) in [5.74, 6) is 0.622. The van der Waals surface area contributed by atoms with Crippen molar-refractivity contribution in [3.8, 4) is 0 Å². The van der Waals surface area contributed by atoms with Crippen molar-refractivity contribution in [2.75, 3.05) is 26.0 Å². The molecule has 1 N–H and O–H groups in total. The fraction of sp³-hybridized carbons (Fsp3) is 0.286. The SMILES string of the molecule is CN(C)CCCc1ccc2c(c1)CO/C2=C1/C(=O)Nc2ccccc21. The summed E-state index contributed by atoms with van der Waals surface area (Å²) in [6.45, 7) is 1.62. The molecular formula is C21H22N2O2. The van der Waals surface area contributed by atoms with Gasteiger partial charge in [-0.2, -0.15) is 0 Å². The number of carbonyl (C=O) groups is 1. The first-order chi connectivity index (χ1) is 12.1. The molecule has 0 spiro atoms. The number of benzene rings is 2. The number of aryl methyl sites for hydroxylation is 1. The molecule has 0 aromatic heterocycles. The van der Waals surface area contributed by atoms with Crippen molar-refractivity contribution in [2.45, 2.75) is 19.4 Å². The van der Waals surface area contributed by atoms with Crippen molar-refractivity contribution in [1.82, 2.24) is 4.90 Å². The van der Waals surface area contributed by atoms with Crippen LogP contribution < -0.4 is 5.32 Å². The number of amides is 1. The van der Waals surface area contributed by atoms with Gasteiger partial charge in [-0.3, -0.25) is 4.79 Å². The molecule has 0 unspecified atom stereocenters. The van der Waals surface area contributed by atoms with Gasteiger partial charge in [0.15, 0.2) is 0 Å². The predicted octanol–water partition coefficient (Wildman–Crippen LogP) is 3.53. The van der Waals surface area contributed by atoms with Gasteiger partial charge in [0.05, 0.1) is 5.57 Å². The highest BCUT2D eigenvalue weighted by atomic mass is 16.5. The molecule has 0 saturated carbocycles. The average molecular weight is 334 g/mol. The average Bonchev–Trinajstić information content (AvgIpc) is 3.13. The van der Waals surface area contributed by atoms with Gasteiger partial charge in [0.2, 0.25) is 0 Å². The minimum atomic E-state index is -0.0842. The molecule has 0 fully saturated rings. The van der Waals surface area contributed by atoms with Crippen molar-refractivity contribution in [2.24, 2.45) is 0 Å². The molecule has 4 nitrogen and oxygen atoms in total. The molecule has 128 valence electrons. The number of hydrogen-bond acceptors (Lipinski definition) is 3. The van der Waals surface area contributed by atoms with Crippen molar-refractivity contribution in [3.63, 3.8) is 0 Å². The maximum absolute atomic E-state index is 12.4. The number of hydrogen-bond donors (Lipinski definition) is 1. The lowest BCUT2D eigenvalue weighted by molar-refractivity contribution is -0.110. The second-order valence-corrected chi connectivity index (χ2v) is 6.89. The van der Waals surface area contributed by atoms with E-state index in [1.807, 2.05) is 24.3 Å². The first-order valence-corrected chi connectivity index (χ1v) is 8.68. The summed E-state index contributed by atoms with van der Waals surface area (Å²) < 4.78 is 5.94. The zero-order valence-corrected chi connectivity index (χ0v) is 14.6. The summed E-state index contributed by atoms with van der Waals surface area (Å²) in [6, 6.07) is 14.2. The van der Waals surface area contributed by atoms with Crippen molar-refractivity contribution >= 4 is 22.9 Å². The van der Waals surface area contributed by atoms with Gasteiger partial charge in [0, 0.05) is 22.4 Å². The molecular weight excluding hydrogens is 312 g/mol. The third kappa shape index (κ3) is 2.94. The zero-order chi connectivity index (χ0) is 17.4. The van der Waals surface area contributed by atoms with E-state index in [9.17, 15) is 4.79 Å². The van der Waals surface area contributed by atoms with E-state index in [0.29, 0.717) is 17.9 Å². The van der Waals surface area contributed by atoms with E-state index in [0.717, 1.165) is 36.2 Å². The minimum absolute atomic E-state index is 0.0842. The molecule has 2 aromatic rings. The van der Waals surface area contributed by atoms with Crippen LogP contribution in [0.25, 0.3) is 11.3 Å². The Morgan fingerprint density at radius 3 is 2.80 bits per heavy atom. The van der Waals surface area contributed by atoms with Gasteiger partial charge in [-0.15, -0.1) is 0 Å². The van der Waals surface area contributed by atoms with Crippen LogP contribution in [0.3, 0.4) is 0 Å². The van der Waals surface area contributed by atoms with Gasteiger partial charge < -0.3 is 15.0 Å². The van der Waals surface area contributed by atoms with E-state index in [1.54, 1.807) is 0 Å². The summed E-state index contributed by atoms with van der Waals surface area (Å²) in [5, 5.41) is 2.92. The third-order valence-corrected chi connectivity index (χ3v) is 4.76.